The van der Waals surface area contributed by atoms with Crippen LogP contribution in [0.4, 0.5) is 0 Å². The lowest BCUT2D eigenvalue weighted by atomic mass is 9.93. The molecule has 1 unspecified atom stereocenters. The minimum atomic E-state index is 0.102. The first kappa shape index (κ1) is 10.7. The molecule has 2 heterocycles. The third-order valence-corrected chi connectivity index (χ3v) is 4.70. The van der Waals surface area contributed by atoms with E-state index in [9.17, 15) is 5.11 Å². The summed E-state index contributed by atoms with van der Waals surface area (Å²) in [4.78, 5) is 2.50. The lowest BCUT2D eigenvalue weighted by Gasteiger charge is -2.46. The zero-order valence-electron chi connectivity index (χ0n) is 8.67. The predicted octanol–water partition coefficient (Wildman–Crippen LogP) is 0.150. The molecule has 2 aliphatic heterocycles. The van der Waals surface area contributed by atoms with E-state index in [0.29, 0.717) is 6.61 Å². The number of aliphatic hydroxyl groups excluding tert-OH is 1. The minimum Gasteiger partial charge on any atom is -0.394 e. The Kier molecular flexibility index (Phi) is 3.71. The van der Waals surface area contributed by atoms with Crippen LogP contribution in [0.25, 0.3) is 0 Å². The molecule has 0 spiro atoms. The second kappa shape index (κ2) is 4.84. The van der Waals surface area contributed by atoms with Crippen molar-refractivity contribution in [2.24, 2.45) is 0 Å². The van der Waals surface area contributed by atoms with Gasteiger partial charge in [0.05, 0.1) is 12.1 Å². The van der Waals surface area contributed by atoms with Gasteiger partial charge in [0, 0.05) is 31.9 Å². The molecular formula is C10H20N2OS. The maximum Gasteiger partial charge on any atom is 0.0623 e. The highest BCUT2D eigenvalue weighted by Crippen LogP contribution is 2.31. The second-order valence-electron chi connectivity index (χ2n) is 4.28. The molecule has 14 heavy (non-hydrogen) atoms. The molecule has 2 aliphatic rings. The number of rotatable bonds is 2. The third kappa shape index (κ3) is 2.08. The van der Waals surface area contributed by atoms with Crippen LogP contribution >= 0.6 is 11.8 Å². The van der Waals surface area contributed by atoms with Crippen molar-refractivity contribution in [3.8, 4) is 0 Å². The van der Waals surface area contributed by atoms with Gasteiger partial charge in [0.25, 0.3) is 0 Å². The van der Waals surface area contributed by atoms with Crippen molar-refractivity contribution in [2.75, 3.05) is 44.3 Å². The Morgan fingerprint density at radius 1 is 1.36 bits per heavy atom. The molecule has 0 aliphatic carbocycles. The average molecular weight is 216 g/mol. The highest BCUT2D eigenvalue weighted by Gasteiger charge is 2.38. The molecule has 82 valence electrons. The van der Waals surface area contributed by atoms with Crippen molar-refractivity contribution in [3.05, 3.63) is 0 Å². The van der Waals surface area contributed by atoms with Crippen molar-refractivity contribution < 1.29 is 5.11 Å². The lowest BCUT2D eigenvalue weighted by molar-refractivity contribution is 0.0289. The van der Waals surface area contributed by atoms with Gasteiger partial charge in [0.1, 0.15) is 0 Å². The number of thioether (sulfide) groups is 1. The van der Waals surface area contributed by atoms with Crippen molar-refractivity contribution in [3.63, 3.8) is 0 Å². The fraction of sp³-hybridized carbons (Fsp3) is 1.00. The van der Waals surface area contributed by atoms with E-state index in [1.165, 1.54) is 18.6 Å². The van der Waals surface area contributed by atoms with Crippen molar-refractivity contribution in [1.82, 2.24) is 10.2 Å². The summed E-state index contributed by atoms with van der Waals surface area (Å²) in [6, 6.07) is 0. The van der Waals surface area contributed by atoms with Crippen LogP contribution in [0.2, 0.25) is 0 Å². The normalized spacial score (nSPS) is 35.8. The molecule has 3 nitrogen and oxygen atoms in total. The Bertz CT molecular complexity index is 177. The van der Waals surface area contributed by atoms with Crippen LogP contribution in [-0.4, -0.2) is 59.8 Å². The molecule has 0 aromatic heterocycles. The second-order valence-corrected chi connectivity index (χ2v) is 5.38. The molecular weight excluding hydrogens is 196 g/mol. The predicted molar refractivity (Wildman–Crippen MR) is 60.8 cm³/mol. The fourth-order valence-electron chi connectivity index (χ4n) is 2.45. The Hall–Kier alpha value is 0.230. The van der Waals surface area contributed by atoms with Crippen LogP contribution in [-0.2, 0) is 0 Å². The van der Waals surface area contributed by atoms with Gasteiger partial charge in [-0.3, -0.25) is 4.90 Å². The van der Waals surface area contributed by atoms with E-state index in [4.69, 9.17) is 0 Å². The molecule has 2 fully saturated rings. The van der Waals surface area contributed by atoms with Crippen LogP contribution in [0, 0.1) is 0 Å². The Labute approximate surface area is 90.2 Å². The van der Waals surface area contributed by atoms with Crippen molar-refractivity contribution in [1.29, 1.82) is 0 Å². The van der Waals surface area contributed by atoms with Gasteiger partial charge in [-0.15, -0.1) is 0 Å². The number of piperazine rings is 1. The van der Waals surface area contributed by atoms with E-state index >= 15 is 0 Å². The fourth-order valence-corrected chi connectivity index (χ4v) is 3.74. The summed E-state index contributed by atoms with van der Waals surface area (Å²) in [6.07, 6.45) is 2.44. The van der Waals surface area contributed by atoms with E-state index in [2.05, 4.69) is 10.2 Å². The van der Waals surface area contributed by atoms with Crippen LogP contribution in [0.1, 0.15) is 12.8 Å². The zero-order valence-corrected chi connectivity index (χ0v) is 9.48. The zero-order chi connectivity index (χ0) is 9.86. The summed E-state index contributed by atoms with van der Waals surface area (Å²) in [5, 5.41) is 13.0. The highest BCUT2D eigenvalue weighted by molar-refractivity contribution is 7.99. The summed E-state index contributed by atoms with van der Waals surface area (Å²) < 4.78 is 0. The average Bonchev–Trinajstić information content (AvgIpc) is 2.31. The molecule has 2 N–H and O–H groups in total. The highest BCUT2D eigenvalue weighted by atomic mass is 32.2. The van der Waals surface area contributed by atoms with E-state index in [-0.39, 0.29) is 5.54 Å². The van der Waals surface area contributed by atoms with E-state index in [1.807, 2.05) is 11.8 Å². The largest absolute Gasteiger partial charge is 0.394 e. The summed E-state index contributed by atoms with van der Waals surface area (Å²) in [5.74, 6) is 2.39. The van der Waals surface area contributed by atoms with Crippen LogP contribution < -0.4 is 5.32 Å². The molecule has 4 heteroatoms. The summed E-state index contributed by atoms with van der Waals surface area (Å²) in [5.41, 5.74) is 0.102. The van der Waals surface area contributed by atoms with Crippen molar-refractivity contribution >= 4 is 11.8 Å². The van der Waals surface area contributed by atoms with Gasteiger partial charge in [-0.1, -0.05) is 0 Å². The van der Waals surface area contributed by atoms with E-state index in [0.717, 1.165) is 31.9 Å². The molecule has 0 aromatic carbocycles. The van der Waals surface area contributed by atoms with Gasteiger partial charge in [0.2, 0.25) is 0 Å². The number of hydrogen-bond donors (Lipinski definition) is 2. The molecule has 1 atom stereocenters. The SMILES string of the molecule is OCC1(N2CCNCC2)CCCSC1. The number of nitrogens with one attached hydrogen (secondary N) is 1. The first-order valence-electron chi connectivity index (χ1n) is 5.52. The molecule has 0 saturated carbocycles. The number of hydrogen-bond acceptors (Lipinski definition) is 4. The van der Waals surface area contributed by atoms with Gasteiger partial charge in [0.15, 0.2) is 0 Å². The summed E-state index contributed by atoms with van der Waals surface area (Å²) in [6.45, 7) is 4.68. The molecule has 0 radical (unpaired) electrons. The molecule has 0 bridgehead atoms. The maximum absolute atomic E-state index is 9.62. The van der Waals surface area contributed by atoms with Crippen LogP contribution in [0.15, 0.2) is 0 Å². The quantitative estimate of drug-likeness (QED) is 0.689. The number of aliphatic hydroxyl groups is 1. The molecule has 0 amide bonds. The van der Waals surface area contributed by atoms with Gasteiger partial charge < -0.3 is 10.4 Å². The Morgan fingerprint density at radius 2 is 2.14 bits per heavy atom. The molecule has 2 saturated heterocycles. The van der Waals surface area contributed by atoms with Gasteiger partial charge in [-0.25, -0.2) is 0 Å². The smallest absolute Gasteiger partial charge is 0.0623 e. The van der Waals surface area contributed by atoms with Gasteiger partial charge in [-0.2, -0.15) is 11.8 Å². The molecule has 0 aromatic rings. The number of nitrogens with zero attached hydrogens (tertiary/aromatic N) is 1. The van der Waals surface area contributed by atoms with Gasteiger partial charge in [-0.05, 0) is 18.6 Å². The Morgan fingerprint density at radius 3 is 2.71 bits per heavy atom. The minimum absolute atomic E-state index is 0.102. The topological polar surface area (TPSA) is 35.5 Å². The van der Waals surface area contributed by atoms with Crippen molar-refractivity contribution in [2.45, 2.75) is 18.4 Å². The van der Waals surface area contributed by atoms with Crippen LogP contribution in [0.5, 0.6) is 0 Å². The molecule has 2 rings (SSSR count). The summed E-state index contributed by atoms with van der Waals surface area (Å²) >= 11 is 2.00. The van der Waals surface area contributed by atoms with Crippen LogP contribution in [0.3, 0.4) is 0 Å². The lowest BCUT2D eigenvalue weighted by Crippen LogP contribution is -2.60. The summed E-state index contributed by atoms with van der Waals surface area (Å²) in [7, 11) is 0. The Balaban J connectivity index is 2.01. The maximum atomic E-state index is 9.62. The first-order chi connectivity index (χ1) is 6.87. The standard InChI is InChI=1S/C10H20N2OS/c13-8-10(2-1-7-14-9-10)12-5-3-11-4-6-12/h11,13H,1-9H2. The van der Waals surface area contributed by atoms with Gasteiger partial charge >= 0.3 is 0 Å². The first-order valence-corrected chi connectivity index (χ1v) is 6.67. The third-order valence-electron chi connectivity index (χ3n) is 3.38. The van der Waals surface area contributed by atoms with E-state index < -0.39 is 0 Å². The van der Waals surface area contributed by atoms with E-state index in [1.54, 1.807) is 0 Å². The monoisotopic (exact) mass is 216 g/mol.